The minimum absolute atomic E-state index is 0.315. The summed E-state index contributed by atoms with van der Waals surface area (Å²) in [6, 6.07) is 2.03. The molecule has 1 aromatic rings. The van der Waals surface area contributed by atoms with E-state index in [1.165, 1.54) is 5.56 Å². The molecule has 6 heteroatoms. The summed E-state index contributed by atoms with van der Waals surface area (Å²) in [7, 11) is 0. The van der Waals surface area contributed by atoms with Gasteiger partial charge in [0.1, 0.15) is 6.61 Å². The van der Waals surface area contributed by atoms with Gasteiger partial charge in [0.05, 0.1) is 10.4 Å². The van der Waals surface area contributed by atoms with Crippen molar-refractivity contribution in [1.82, 2.24) is 5.32 Å². The Morgan fingerprint density at radius 1 is 1.53 bits per heavy atom. The second-order valence-electron chi connectivity index (χ2n) is 2.90. The molecule has 86 valence electrons. The molecule has 0 saturated heterocycles. The Kier molecular flexibility index (Phi) is 6.31. The zero-order valence-electron chi connectivity index (χ0n) is 8.01. The Labute approximate surface area is 99.8 Å². The van der Waals surface area contributed by atoms with Gasteiger partial charge >= 0.3 is 0 Å². The van der Waals surface area contributed by atoms with Gasteiger partial charge in [0.25, 0.3) is 6.43 Å². The molecule has 1 heterocycles. The first-order chi connectivity index (χ1) is 7.18. The Morgan fingerprint density at radius 2 is 2.33 bits per heavy atom. The molecule has 0 aliphatic rings. The van der Waals surface area contributed by atoms with Crippen LogP contribution in [-0.4, -0.2) is 26.2 Å². The summed E-state index contributed by atoms with van der Waals surface area (Å²) >= 11 is 4.99. The van der Waals surface area contributed by atoms with Crippen molar-refractivity contribution in [2.45, 2.75) is 13.0 Å². The highest BCUT2D eigenvalue weighted by Gasteiger charge is 2.01. The number of ether oxygens (including phenoxy) is 1. The van der Waals surface area contributed by atoms with Crippen LogP contribution in [0.15, 0.2) is 15.2 Å². The Hall–Kier alpha value is -0.0400. The van der Waals surface area contributed by atoms with Crippen LogP contribution in [-0.2, 0) is 11.3 Å². The SMILES string of the molecule is FC(F)COCCNCc1csc(Br)c1. The van der Waals surface area contributed by atoms with Crippen molar-refractivity contribution < 1.29 is 13.5 Å². The maximum atomic E-state index is 11.7. The fourth-order valence-electron chi connectivity index (χ4n) is 0.988. The molecule has 0 amide bonds. The molecule has 2 nitrogen and oxygen atoms in total. The predicted molar refractivity (Wildman–Crippen MR) is 60.5 cm³/mol. The van der Waals surface area contributed by atoms with E-state index in [1.54, 1.807) is 11.3 Å². The lowest BCUT2D eigenvalue weighted by molar-refractivity contribution is 0.0187. The van der Waals surface area contributed by atoms with Crippen LogP contribution in [0.4, 0.5) is 8.78 Å². The first-order valence-corrected chi connectivity index (χ1v) is 6.15. The molecule has 0 aliphatic heterocycles. The summed E-state index contributed by atoms with van der Waals surface area (Å²) in [6.07, 6.45) is -2.38. The standard InChI is InChI=1S/C9H12BrF2NOS/c10-8-3-7(6-15-8)4-13-1-2-14-5-9(11)12/h3,6,9,13H,1-2,4-5H2. The summed E-state index contributed by atoms with van der Waals surface area (Å²) in [5.74, 6) is 0. The van der Waals surface area contributed by atoms with Crippen LogP contribution in [0.25, 0.3) is 0 Å². The van der Waals surface area contributed by atoms with E-state index < -0.39 is 13.0 Å². The molecule has 0 atom stereocenters. The molecule has 0 fully saturated rings. The van der Waals surface area contributed by atoms with Gasteiger partial charge in [-0.1, -0.05) is 0 Å². The molecule has 0 radical (unpaired) electrons. The number of halogens is 3. The highest BCUT2D eigenvalue weighted by atomic mass is 79.9. The Balaban J connectivity index is 1.98. The van der Waals surface area contributed by atoms with Gasteiger partial charge in [0, 0.05) is 13.1 Å². The van der Waals surface area contributed by atoms with E-state index >= 15 is 0 Å². The van der Waals surface area contributed by atoms with Crippen LogP contribution in [0, 0.1) is 0 Å². The minimum Gasteiger partial charge on any atom is -0.374 e. The smallest absolute Gasteiger partial charge is 0.261 e. The fourth-order valence-corrected chi connectivity index (χ4v) is 2.20. The van der Waals surface area contributed by atoms with E-state index in [2.05, 4.69) is 21.2 Å². The number of hydrogen-bond donors (Lipinski definition) is 1. The Morgan fingerprint density at radius 3 is 2.93 bits per heavy atom. The van der Waals surface area contributed by atoms with E-state index in [1.807, 2.05) is 11.4 Å². The van der Waals surface area contributed by atoms with Crippen LogP contribution >= 0.6 is 27.3 Å². The first-order valence-electron chi connectivity index (χ1n) is 4.48. The molecule has 0 unspecified atom stereocenters. The van der Waals surface area contributed by atoms with Crippen LogP contribution in [0.2, 0.25) is 0 Å². The van der Waals surface area contributed by atoms with E-state index in [-0.39, 0.29) is 0 Å². The molecular weight excluding hydrogens is 288 g/mol. The van der Waals surface area contributed by atoms with Gasteiger partial charge in [-0.25, -0.2) is 8.78 Å². The van der Waals surface area contributed by atoms with E-state index in [0.29, 0.717) is 13.2 Å². The molecular formula is C9H12BrF2NOS. The third-order valence-electron chi connectivity index (χ3n) is 1.62. The Bertz CT molecular complexity index is 283. The maximum Gasteiger partial charge on any atom is 0.261 e. The first kappa shape index (κ1) is 13.0. The largest absolute Gasteiger partial charge is 0.374 e. The van der Waals surface area contributed by atoms with Crippen LogP contribution in [0.1, 0.15) is 5.56 Å². The van der Waals surface area contributed by atoms with Crippen molar-refractivity contribution in [1.29, 1.82) is 0 Å². The molecule has 0 spiro atoms. The van der Waals surface area contributed by atoms with Gasteiger partial charge in [0.15, 0.2) is 0 Å². The molecule has 0 aliphatic carbocycles. The molecule has 1 rings (SSSR count). The van der Waals surface area contributed by atoms with Gasteiger partial charge in [-0.3, -0.25) is 0 Å². The number of rotatable bonds is 7. The number of thiophene rings is 1. The van der Waals surface area contributed by atoms with Crippen molar-refractivity contribution in [2.24, 2.45) is 0 Å². The molecule has 0 aromatic carbocycles. The van der Waals surface area contributed by atoms with E-state index in [0.717, 1.165) is 10.3 Å². The van der Waals surface area contributed by atoms with Crippen molar-refractivity contribution in [3.63, 3.8) is 0 Å². The second-order valence-corrected chi connectivity index (χ2v) is 5.19. The van der Waals surface area contributed by atoms with Gasteiger partial charge in [-0.15, -0.1) is 11.3 Å². The summed E-state index contributed by atoms with van der Waals surface area (Å²) in [5.41, 5.74) is 1.18. The third kappa shape index (κ3) is 6.19. The number of hydrogen-bond acceptors (Lipinski definition) is 3. The van der Waals surface area contributed by atoms with Gasteiger partial charge in [-0.05, 0) is 32.9 Å². The van der Waals surface area contributed by atoms with Crippen molar-refractivity contribution >= 4 is 27.3 Å². The second kappa shape index (κ2) is 7.27. The molecule has 0 bridgehead atoms. The summed E-state index contributed by atoms with van der Waals surface area (Å²) in [4.78, 5) is 0. The van der Waals surface area contributed by atoms with Crippen molar-refractivity contribution in [2.75, 3.05) is 19.8 Å². The quantitative estimate of drug-likeness (QED) is 0.782. The molecule has 0 saturated carbocycles. The zero-order valence-corrected chi connectivity index (χ0v) is 10.4. The van der Waals surface area contributed by atoms with Crippen molar-refractivity contribution in [3.05, 3.63) is 20.8 Å². The van der Waals surface area contributed by atoms with Crippen molar-refractivity contribution in [3.8, 4) is 0 Å². The highest BCUT2D eigenvalue weighted by molar-refractivity contribution is 9.11. The van der Waals surface area contributed by atoms with Crippen LogP contribution in [0.5, 0.6) is 0 Å². The summed E-state index contributed by atoms with van der Waals surface area (Å²) < 4.78 is 29.1. The lowest BCUT2D eigenvalue weighted by Crippen LogP contribution is -2.20. The lowest BCUT2D eigenvalue weighted by atomic mass is 10.3. The highest BCUT2D eigenvalue weighted by Crippen LogP contribution is 2.20. The number of alkyl halides is 2. The van der Waals surface area contributed by atoms with Crippen LogP contribution < -0.4 is 5.32 Å². The molecule has 1 N–H and O–H groups in total. The summed E-state index contributed by atoms with van der Waals surface area (Å²) in [6.45, 7) is 1.15. The van der Waals surface area contributed by atoms with E-state index in [4.69, 9.17) is 4.74 Å². The van der Waals surface area contributed by atoms with Gasteiger partial charge in [-0.2, -0.15) is 0 Å². The van der Waals surface area contributed by atoms with E-state index in [9.17, 15) is 8.78 Å². The summed E-state index contributed by atoms with van der Waals surface area (Å²) in [5, 5.41) is 5.14. The van der Waals surface area contributed by atoms with Gasteiger partial charge < -0.3 is 10.1 Å². The lowest BCUT2D eigenvalue weighted by Gasteiger charge is -2.04. The fraction of sp³-hybridized carbons (Fsp3) is 0.556. The van der Waals surface area contributed by atoms with Gasteiger partial charge in [0.2, 0.25) is 0 Å². The van der Waals surface area contributed by atoms with Crippen LogP contribution in [0.3, 0.4) is 0 Å². The zero-order chi connectivity index (χ0) is 11.1. The topological polar surface area (TPSA) is 21.3 Å². The normalized spacial score (nSPS) is 11.2. The minimum atomic E-state index is -2.38. The molecule has 15 heavy (non-hydrogen) atoms. The molecule has 1 aromatic heterocycles. The average Bonchev–Trinajstić information content (AvgIpc) is 2.57. The predicted octanol–water partition coefficient (Wildman–Crippen LogP) is 2.88. The monoisotopic (exact) mass is 299 g/mol. The maximum absolute atomic E-state index is 11.7. The average molecular weight is 300 g/mol. The third-order valence-corrected chi connectivity index (χ3v) is 3.17. The number of nitrogens with one attached hydrogen (secondary N) is 1.